The fourth-order valence-electron chi connectivity index (χ4n) is 2.10. The molecule has 0 aliphatic heterocycles. The van der Waals surface area contributed by atoms with Gasteiger partial charge < -0.3 is 0 Å². The van der Waals surface area contributed by atoms with Gasteiger partial charge in [-0.2, -0.15) is 0 Å². The molecule has 0 aliphatic rings. The maximum atomic E-state index is 12.7. The molecule has 0 bridgehead atoms. The van der Waals surface area contributed by atoms with Gasteiger partial charge >= 0.3 is 0 Å². The summed E-state index contributed by atoms with van der Waals surface area (Å²) in [7, 11) is 0. The highest BCUT2D eigenvalue weighted by Crippen LogP contribution is 2.22. The van der Waals surface area contributed by atoms with Crippen LogP contribution in [0.5, 0.6) is 0 Å². The molecule has 0 N–H and O–H groups in total. The zero-order valence-electron chi connectivity index (χ0n) is 11.3. The van der Waals surface area contributed by atoms with Gasteiger partial charge in [0.1, 0.15) is 5.69 Å². The summed E-state index contributed by atoms with van der Waals surface area (Å²) in [5.41, 5.74) is 2.88. The van der Waals surface area contributed by atoms with Crippen LogP contribution in [0.15, 0.2) is 59.2 Å². The first-order valence-electron chi connectivity index (χ1n) is 6.44. The normalized spacial score (nSPS) is 10.6. The van der Waals surface area contributed by atoms with Crippen molar-refractivity contribution in [3.8, 4) is 5.69 Å². The molecule has 104 valence electrons. The van der Waals surface area contributed by atoms with Crippen LogP contribution in [-0.4, -0.2) is 20.8 Å². The Morgan fingerprint density at radius 2 is 1.90 bits per heavy atom. The van der Waals surface area contributed by atoms with Crippen molar-refractivity contribution in [2.45, 2.75) is 6.92 Å². The number of hydrogen-bond donors (Lipinski definition) is 0. The van der Waals surface area contributed by atoms with Crippen molar-refractivity contribution in [2.75, 3.05) is 0 Å². The van der Waals surface area contributed by atoms with Gasteiger partial charge in [-0.05, 0) is 31.2 Å². The monoisotopic (exact) mass is 341 g/mol. The van der Waals surface area contributed by atoms with E-state index in [-0.39, 0.29) is 5.78 Å². The maximum absolute atomic E-state index is 12.7. The molecule has 1 heterocycles. The summed E-state index contributed by atoms with van der Waals surface area (Å²) in [4.78, 5) is 12.7. The van der Waals surface area contributed by atoms with Crippen molar-refractivity contribution >= 4 is 21.7 Å². The van der Waals surface area contributed by atoms with Crippen LogP contribution in [0.1, 0.15) is 21.6 Å². The summed E-state index contributed by atoms with van der Waals surface area (Å²) < 4.78 is 2.32. The van der Waals surface area contributed by atoms with E-state index in [4.69, 9.17) is 0 Å². The molecule has 0 amide bonds. The first-order chi connectivity index (χ1) is 10.2. The third-order valence-electron chi connectivity index (χ3n) is 3.15. The van der Waals surface area contributed by atoms with Crippen LogP contribution in [-0.2, 0) is 0 Å². The lowest BCUT2D eigenvalue weighted by Gasteiger charge is -2.07. The molecule has 21 heavy (non-hydrogen) atoms. The lowest BCUT2D eigenvalue weighted by molar-refractivity contribution is 0.103. The fourth-order valence-corrected chi connectivity index (χ4v) is 2.53. The third-order valence-corrected chi connectivity index (χ3v) is 3.84. The first kappa shape index (κ1) is 13.7. The highest BCUT2D eigenvalue weighted by molar-refractivity contribution is 9.10. The number of halogens is 1. The summed E-state index contributed by atoms with van der Waals surface area (Å²) in [5.74, 6) is -0.112. The van der Waals surface area contributed by atoms with Crippen LogP contribution < -0.4 is 0 Å². The number of rotatable bonds is 3. The number of nitrogens with zero attached hydrogens (tertiary/aromatic N) is 3. The SMILES string of the molecule is Cc1ccc(Br)c(C(=O)c2cnnn2-c2ccccc2)c1. The quantitative estimate of drug-likeness (QED) is 0.684. The number of aromatic nitrogens is 3. The van der Waals surface area contributed by atoms with Crippen LogP contribution in [0.3, 0.4) is 0 Å². The smallest absolute Gasteiger partial charge is 0.214 e. The Bertz CT molecular complexity index is 796. The molecule has 0 atom stereocenters. The van der Waals surface area contributed by atoms with Gasteiger partial charge in [-0.3, -0.25) is 4.79 Å². The van der Waals surface area contributed by atoms with E-state index in [0.29, 0.717) is 11.3 Å². The van der Waals surface area contributed by atoms with Crippen LogP contribution in [0.25, 0.3) is 5.69 Å². The van der Waals surface area contributed by atoms with Gasteiger partial charge in [0.2, 0.25) is 5.78 Å². The first-order valence-corrected chi connectivity index (χ1v) is 7.23. The Kier molecular flexibility index (Phi) is 3.66. The molecule has 0 saturated carbocycles. The standard InChI is InChI=1S/C16H12BrN3O/c1-11-7-8-14(17)13(9-11)16(21)15-10-18-19-20(15)12-5-3-2-4-6-12/h2-10H,1H3. The minimum Gasteiger partial charge on any atom is -0.287 e. The highest BCUT2D eigenvalue weighted by Gasteiger charge is 2.18. The third kappa shape index (κ3) is 2.64. The lowest BCUT2D eigenvalue weighted by atomic mass is 10.1. The molecule has 0 radical (unpaired) electrons. The predicted octanol–water partition coefficient (Wildman–Crippen LogP) is 3.57. The number of ketones is 1. The van der Waals surface area contributed by atoms with Crippen molar-refractivity contribution in [2.24, 2.45) is 0 Å². The number of benzene rings is 2. The van der Waals surface area contributed by atoms with Crippen molar-refractivity contribution in [1.82, 2.24) is 15.0 Å². The minimum atomic E-state index is -0.112. The molecule has 0 unspecified atom stereocenters. The van der Waals surface area contributed by atoms with Crippen molar-refractivity contribution in [3.63, 3.8) is 0 Å². The zero-order valence-corrected chi connectivity index (χ0v) is 12.9. The number of hydrogen-bond acceptors (Lipinski definition) is 3. The topological polar surface area (TPSA) is 47.8 Å². The van der Waals surface area contributed by atoms with Crippen LogP contribution in [0.4, 0.5) is 0 Å². The summed E-state index contributed by atoms with van der Waals surface area (Å²) in [6, 6.07) is 15.2. The number of para-hydroxylation sites is 1. The molecule has 4 nitrogen and oxygen atoms in total. The Morgan fingerprint density at radius 3 is 2.67 bits per heavy atom. The Hall–Kier alpha value is -2.27. The van der Waals surface area contributed by atoms with Crippen molar-refractivity contribution < 1.29 is 4.79 Å². The van der Waals surface area contributed by atoms with Crippen molar-refractivity contribution in [1.29, 1.82) is 0 Å². The van der Waals surface area contributed by atoms with Crippen LogP contribution in [0, 0.1) is 6.92 Å². The summed E-state index contributed by atoms with van der Waals surface area (Å²) in [6.45, 7) is 1.95. The molecule has 3 rings (SSSR count). The van der Waals surface area contributed by atoms with E-state index in [0.717, 1.165) is 15.7 Å². The average molecular weight is 342 g/mol. The zero-order chi connectivity index (χ0) is 14.8. The summed E-state index contributed by atoms with van der Waals surface area (Å²) in [5, 5.41) is 7.89. The molecule has 5 heteroatoms. The van der Waals surface area contributed by atoms with Gasteiger partial charge in [-0.25, -0.2) is 4.68 Å². The van der Waals surface area contributed by atoms with E-state index in [1.165, 1.54) is 6.20 Å². The second-order valence-electron chi connectivity index (χ2n) is 4.68. The molecule has 3 aromatic rings. The van der Waals surface area contributed by atoms with Gasteiger partial charge in [-0.1, -0.05) is 51.0 Å². The summed E-state index contributed by atoms with van der Waals surface area (Å²) in [6.07, 6.45) is 1.49. The molecule has 0 aliphatic carbocycles. The molecular weight excluding hydrogens is 330 g/mol. The van der Waals surface area contributed by atoms with E-state index in [2.05, 4.69) is 26.2 Å². The number of carbonyl (C=O) groups is 1. The Morgan fingerprint density at radius 1 is 1.14 bits per heavy atom. The van der Waals surface area contributed by atoms with Gasteiger partial charge in [0.15, 0.2) is 0 Å². The number of aryl methyl sites for hydroxylation is 1. The van der Waals surface area contributed by atoms with E-state index in [1.54, 1.807) is 4.68 Å². The molecular formula is C16H12BrN3O. The van der Waals surface area contributed by atoms with Crippen LogP contribution >= 0.6 is 15.9 Å². The minimum absolute atomic E-state index is 0.112. The second-order valence-corrected chi connectivity index (χ2v) is 5.53. The lowest BCUT2D eigenvalue weighted by Crippen LogP contribution is -2.10. The average Bonchev–Trinajstić information content (AvgIpc) is 2.99. The molecule has 0 saturated heterocycles. The largest absolute Gasteiger partial charge is 0.287 e. The van der Waals surface area contributed by atoms with E-state index < -0.39 is 0 Å². The predicted molar refractivity (Wildman–Crippen MR) is 83.7 cm³/mol. The molecule has 0 spiro atoms. The van der Waals surface area contributed by atoms with Gasteiger partial charge in [0.05, 0.1) is 11.9 Å². The van der Waals surface area contributed by atoms with Gasteiger partial charge in [0.25, 0.3) is 0 Å². The van der Waals surface area contributed by atoms with E-state index >= 15 is 0 Å². The van der Waals surface area contributed by atoms with Crippen molar-refractivity contribution in [3.05, 3.63) is 76.0 Å². The Labute approximate surface area is 130 Å². The van der Waals surface area contributed by atoms with Crippen LogP contribution in [0.2, 0.25) is 0 Å². The van der Waals surface area contributed by atoms with Gasteiger partial charge in [-0.15, -0.1) is 5.10 Å². The molecule has 1 aromatic heterocycles. The second kappa shape index (κ2) is 5.61. The Balaban J connectivity index is 2.08. The number of carbonyl (C=O) groups excluding carboxylic acids is 1. The molecule has 0 fully saturated rings. The molecule has 2 aromatic carbocycles. The highest BCUT2D eigenvalue weighted by atomic mass is 79.9. The van der Waals surface area contributed by atoms with E-state index in [1.807, 2.05) is 55.5 Å². The maximum Gasteiger partial charge on any atom is 0.214 e. The van der Waals surface area contributed by atoms with E-state index in [9.17, 15) is 4.79 Å². The fraction of sp³-hybridized carbons (Fsp3) is 0.0625. The summed E-state index contributed by atoms with van der Waals surface area (Å²) >= 11 is 3.43. The van der Waals surface area contributed by atoms with Gasteiger partial charge in [0, 0.05) is 10.0 Å².